The Morgan fingerprint density at radius 2 is 1.74 bits per heavy atom. The van der Waals surface area contributed by atoms with E-state index in [0.29, 0.717) is 23.6 Å². The predicted octanol–water partition coefficient (Wildman–Crippen LogP) is 3.75. The van der Waals surface area contributed by atoms with Crippen molar-refractivity contribution in [2.75, 3.05) is 19.6 Å². The molecule has 0 aliphatic carbocycles. The molecule has 1 N–H and O–H groups in total. The summed E-state index contributed by atoms with van der Waals surface area (Å²) in [5, 5.41) is 26.2. The molecule has 142 valence electrons. The smallest absolute Gasteiger partial charge is 0.301 e. The average Bonchev–Trinajstić information content (AvgIpc) is 2.67. The van der Waals surface area contributed by atoms with Crippen molar-refractivity contribution in [3.05, 3.63) is 62.2 Å². The molecular weight excluding hydrogens is 356 g/mol. The highest BCUT2D eigenvalue weighted by atomic mass is 16.6. The Hall–Kier alpha value is -3.69. The van der Waals surface area contributed by atoms with Gasteiger partial charge in [-0.05, 0) is 30.7 Å². The Bertz CT molecular complexity index is 897. The van der Waals surface area contributed by atoms with E-state index in [4.69, 9.17) is 9.47 Å². The van der Waals surface area contributed by atoms with Gasteiger partial charge in [-0.3, -0.25) is 25.7 Å². The summed E-state index contributed by atoms with van der Waals surface area (Å²) in [7, 11) is 3.05. The van der Waals surface area contributed by atoms with Crippen LogP contribution in [-0.2, 0) is 0 Å². The first-order chi connectivity index (χ1) is 12.9. The summed E-state index contributed by atoms with van der Waals surface area (Å²) >= 11 is 0. The first-order valence-corrected chi connectivity index (χ1v) is 7.89. The van der Waals surface area contributed by atoms with Gasteiger partial charge in [-0.1, -0.05) is 6.92 Å². The molecule has 0 spiro atoms. The number of nitro groups is 2. The Balaban J connectivity index is 2.37. The SMILES string of the molecule is CC/C(=N\Nc1ccc([N+](=O)[O-])cc1[N+](=O)[O-])c1ccc(OC)c(OC)c1. The number of hydrogen-bond acceptors (Lipinski definition) is 8. The van der Waals surface area contributed by atoms with E-state index in [-0.39, 0.29) is 11.4 Å². The number of nitrogens with one attached hydrogen (secondary N) is 1. The van der Waals surface area contributed by atoms with Crippen molar-refractivity contribution in [3.8, 4) is 11.5 Å². The number of nitrogens with zero attached hydrogens (tertiary/aromatic N) is 3. The molecule has 0 bridgehead atoms. The van der Waals surface area contributed by atoms with Gasteiger partial charge < -0.3 is 9.47 Å². The van der Waals surface area contributed by atoms with Crippen LogP contribution in [-0.4, -0.2) is 29.8 Å². The summed E-state index contributed by atoms with van der Waals surface area (Å²) < 4.78 is 10.5. The van der Waals surface area contributed by atoms with Gasteiger partial charge in [0, 0.05) is 11.6 Å². The van der Waals surface area contributed by atoms with E-state index in [9.17, 15) is 20.2 Å². The molecule has 0 saturated carbocycles. The second-order valence-corrected chi connectivity index (χ2v) is 5.31. The van der Waals surface area contributed by atoms with Crippen LogP contribution >= 0.6 is 0 Å². The Morgan fingerprint density at radius 3 is 2.30 bits per heavy atom. The van der Waals surface area contributed by atoms with Crippen LogP contribution in [0.15, 0.2) is 41.5 Å². The van der Waals surface area contributed by atoms with Crippen LogP contribution in [0, 0.1) is 20.2 Å². The van der Waals surface area contributed by atoms with E-state index in [2.05, 4.69) is 10.5 Å². The molecule has 2 aromatic rings. The molecule has 10 heteroatoms. The molecule has 0 amide bonds. The van der Waals surface area contributed by atoms with Crippen molar-refractivity contribution >= 4 is 22.8 Å². The van der Waals surface area contributed by atoms with Crippen LogP contribution in [0.2, 0.25) is 0 Å². The van der Waals surface area contributed by atoms with Crippen LogP contribution in [0.3, 0.4) is 0 Å². The number of methoxy groups -OCH3 is 2. The molecule has 0 fully saturated rings. The fraction of sp³-hybridized carbons (Fsp3) is 0.235. The predicted molar refractivity (Wildman–Crippen MR) is 99.7 cm³/mol. The minimum Gasteiger partial charge on any atom is -0.493 e. The third-order valence-electron chi connectivity index (χ3n) is 3.75. The molecule has 0 heterocycles. The van der Waals surface area contributed by atoms with Crippen molar-refractivity contribution in [2.24, 2.45) is 5.10 Å². The number of hydrogen-bond donors (Lipinski definition) is 1. The number of anilines is 1. The lowest BCUT2D eigenvalue weighted by molar-refractivity contribution is -0.393. The van der Waals surface area contributed by atoms with Crippen molar-refractivity contribution in [3.63, 3.8) is 0 Å². The summed E-state index contributed by atoms with van der Waals surface area (Å²) in [6.45, 7) is 1.88. The van der Waals surface area contributed by atoms with E-state index in [1.807, 2.05) is 6.92 Å². The van der Waals surface area contributed by atoms with Gasteiger partial charge in [0.15, 0.2) is 11.5 Å². The Morgan fingerprint density at radius 1 is 1.04 bits per heavy atom. The van der Waals surface area contributed by atoms with Gasteiger partial charge in [-0.25, -0.2) is 0 Å². The van der Waals surface area contributed by atoms with E-state index < -0.39 is 15.5 Å². The van der Waals surface area contributed by atoms with Crippen molar-refractivity contribution < 1.29 is 19.3 Å². The third kappa shape index (κ3) is 4.48. The van der Waals surface area contributed by atoms with Gasteiger partial charge in [-0.15, -0.1) is 0 Å². The highest BCUT2D eigenvalue weighted by Gasteiger charge is 2.19. The fourth-order valence-corrected chi connectivity index (χ4v) is 2.37. The van der Waals surface area contributed by atoms with Crippen LogP contribution < -0.4 is 14.9 Å². The number of hydrazone groups is 1. The minimum atomic E-state index is -0.702. The van der Waals surface area contributed by atoms with E-state index in [1.165, 1.54) is 26.4 Å². The molecule has 2 aromatic carbocycles. The standard InChI is InChI=1S/C17H18N4O6/c1-4-13(11-5-8-16(26-2)17(9-11)27-3)18-19-14-7-6-12(20(22)23)10-15(14)21(24)25/h5-10,19H,4H2,1-3H3/b18-13+. The van der Waals surface area contributed by atoms with E-state index in [1.54, 1.807) is 18.2 Å². The maximum atomic E-state index is 11.2. The summed E-state index contributed by atoms with van der Waals surface area (Å²) in [6, 6.07) is 8.57. The van der Waals surface area contributed by atoms with Crippen molar-refractivity contribution in [1.29, 1.82) is 0 Å². The number of rotatable bonds is 8. The van der Waals surface area contributed by atoms with Gasteiger partial charge in [-0.2, -0.15) is 5.10 Å². The molecule has 0 radical (unpaired) electrons. The monoisotopic (exact) mass is 374 g/mol. The summed E-state index contributed by atoms with van der Waals surface area (Å²) in [5.41, 5.74) is 3.23. The van der Waals surface area contributed by atoms with Crippen LogP contribution in [0.5, 0.6) is 11.5 Å². The quantitative estimate of drug-likeness (QED) is 0.423. The average molecular weight is 374 g/mol. The van der Waals surface area contributed by atoms with Crippen LogP contribution in [0.1, 0.15) is 18.9 Å². The van der Waals surface area contributed by atoms with E-state index >= 15 is 0 Å². The molecular formula is C17H18N4O6. The molecule has 10 nitrogen and oxygen atoms in total. The van der Waals surface area contributed by atoms with Gasteiger partial charge in [0.25, 0.3) is 5.69 Å². The van der Waals surface area contributed by atoms with Gasteiger partial charge in [0.1, 0.15) is 5.69 Å². The van der Waals surface area contributed by atoms with Gasteiger partial charge in [0.05, 0.1) is 35.8 Å². The number of ether oxygens (including phenoxy) is 2. The zero-order valence-corrected chi connectivity index (χ0v) is 15.0. The molecule has 0 aliphatic heterocycles. The largest absolute Gasteiger partial charge is 0.493 e. The first-order valence-electron chi connectivity index (χ1n) is 7.89. The van der Waals surface area contributed by atoms with E-state index in [0.717, 1.165) is 11.6 Å². The lowest BCUT2D eigenvalue weighted by atomic mass is 10.1. The maximum Gasteiger partial charge on any atom is 0.301 e. The van der Waals surface area contributed by atoms with Gasteiger partial charge >= 0.3 is 5.69 Å². The first kappa shape index (κ1) is 19.6. The zero-order chi connectivity index (χ0) is 20.0. The maximum absolute atomic E-state index is 11.2. The molecule has 2 rings (SSSR count). The zero-order valence-electron chi connectivity index (χ0n) is 15.0. The number of benzene rings is 2. The third-order valence-corrected chi connectivity index (χ3v) is 3.75. The molecule has 0 unspecified atom stereocenters. The second kappa shape index (κ2) is 8.61. The molecule has 0 atom stereocenters. The topological polar surface area (TPSA) is 129 Å². The Labute approximate surface area is 154 Å². The lowest BCUT2D eigenvalue weighted by Crippen LogP contribution is -2.05. The van der Waals surface area contributed by atoms with Gasteiger partial charge in [0.2, 0.25) is 0 Å². The summed E-state index contributed by atoms with van der Waals surface area (Å²) in [5.74, 6) is 1.09. The molecule has 0 aliphatic rings. The fourth-order valence-electron chi connectivity index (χ4n) is 2.37. The molecule has 0 saturated heterocycles. The second-order valence-electron chi connectivity index (χ2n) is 5.31. The molecule has 0 aromatic heterocycles. The minimum absolute atomic E-state index is 0.0528. The summed E-state index contributed by atoms with van der Waals surface area (Å²) in [4.78, 5) is 20.6. The van der Waals surface area contributed by atoms with Crippen LogP contribution in [0.25, 0.3) is 0 Å². The van der Waals surface area contributed by atoms with Crippen molar-refractivity contribution in [2.45, 2.75) is 13.3 Å². The van der Waals surface area contributed by atoms with Crippen molar-refractivity contribution in [1.82, 2.24) is 0 Å². The highest BCUT2D eigenvalue weighted by molar-refractivity contribution is 6.01. The molecule has 27 heavy (non-hydrogen) atoms. The summed E-state index contributed by atoms with van der Waals surface area (Å²) in [6.07, 6.45) is 0.531. The number of non-ortho nitro benzene ring substituents is 1. The normalized spacial score (nSPS) is 11.0. The Kier molecular flexibility index (Phi) is 6.26. The highest BCUT2D eigenvalue weighted by Crippen LogP contribution is 2.30. The van der Waals surface area contributed by atoms with Crippen LogP contribution in [0.4, 0.5) is 17.1 Å². The lowest BCUT2D eigenvalue weighted by Gasteiger charge is -2.11. The number of nitro benzene ring substituents is 2.